The average Bonchev–Trinajstić information content (AvgIpc) is 3.50. The molecule has 2 heterocycles. The number of anilines is 1. The molecule has 34 heavy (non-hydrogen) atoms. The van der Waals surface area contributed by atoms with Gasteiger partial charge in [0.05, 0.1) is 10.6 Å². The van der Waals surface area contributed by atoms with Gasteiger partial charge in [0, 0.05) is 29.6 Å². The van der Waals surface area contributed by atoms with Gasteiger partial charge in [-0.2, -0.15) is 0 Å². The van der Waals surface area contributed by atoms with Gasteiger partial charge in [-0.1, -0.05) is 24.3 Å². The number of aromatic nitrogens is 1. The van der Waals surface area contributed by atoms with Crippen LogP contribution in [0.5, 0.6) is 0 Å². The van der Waals surface area contributed by atoms with Crippen LogP contribution < -0.4 is 10.6 Å². The van der Waals surface area contributed by atoms with Gasteiger partial charge in [-0.05, 0) is 35.2 Å². The summed E-state index contributed by atoms with van der Waals surface area (Å²) in [5.41, 5.74) is 1.27. The summed E-state index contributed by atoms with van der Waals surface area (Å²) in [4.78, 5) is 41.1. The largest absolute Gasteiger partial charge is 0.454 e. The van der Waals surface area contributed by atoms with E-state index in [9.17, 15) is 23.2 Å². The number of para-hydroxylation sites is 1. The average molecular weight is 483 g/mol. The van der Waals surface area contributed by atoms with Crippen LogP contribution >= 0.6 is 11.3 Å². The Morgan fingerprint density at radius 1 is 1.06 bits per heavy atom. The van der Waals surface area contributed by atoms with Crippen LogP contribution in [-0.2, 0) is 20.7 Å². The Hall–Kier alpha value is -4.05. The SMILES string of the molecule is O=C(COC(=O)[C@H](Cc1c[nH]c2ccccc12)NC(=O)c1cccs1)Nc1cc(F)ccc1F. The quantitative estimate of drug-likeness (QED) is 0.330. The second-order valence-corrected chi connectivity index (χ2v) is 8.29. The van der Waals surface area contributed by atoms with E-state index in [1.807, 2.05) is 24.3 Å². The molecule has 2 aromatic heterocycles. The number of halogens is 2. The molecule has 0 radical (unpaired) electrons. The summed E-state index contributed by atoms with van der Waals surface area (Å²) in [6, 6.07) is 12.3. The van der Waals surface area contributed by atoms with Crippen molar-refractivity contribution in [3.05, 3.63) is 88.2 Å². The van der Waals surface area contributed by atoms with Crippen LogP contribution in [0.2, 0.25) is 0 Å². The lowest BCUT2D eigenvalue weighted by Gasteiger charge is -2.17. The minimum Gasteiger partial charge on any atom is -0.454 e. The number of benzene rings is 2. The van der Waals surface area contributed by atoms with E-state index in [4.69, 9.17) is 4.74 Å². The molecule has 2 amide bonds. The van der Waals surface area contributed by atoms with Crippen LogP contribution in [0.3, 0.4) is 0 Å². The van der Waals surface area contributed by atoms with Crippen LogP contribution in [-0.4, -0.2) is 35.4 Å². The fraction of sp³-hybridized carbons (Fsp3) is 0.125. The highest BCUT2D eigenvalue weighted by atomic mass is 32.1. The maximum atomic E-state index is 13.7. The monoisotopic (exact) mass is 483 g/mol. The Morgan fingerprint density at radius 3 is 2.68 bits per heavy atom. The third-order valence-corrected chi connectivity index (χ3v) is 5.85. The van der Waals surface area contributed by atoms with Crippen molar-refractivity contribution in [3.63, 3.8) is 0 Å². The number of thiophene rings is 1. The number of ether oxygens (including phenoxy) is 1. The first-order valence-electron chi connectivity index (χ1n) is 10.2. The number of rotatable bonds is 8. The second kappa shape index (κ2) is 10.3. The highest BCUT2D eigenvalue weighted by molar-refractivity contribution is 7.12. The Labute approximate surface area is 196 Å². The Bertz CT molecular complexity index is 1340. The Morgan fingerprint density at radius 2 is 1.88 bits per heavy atom. The summed E-state index contributed by atoms with van der Waals surface area (Å²) in [5.74, 6) is -3.72. The van der Waals surface area contributed by atoms with Gasteiger partial charge in [0.15, 0.2) is 6.61 Å². The predicted molar refractivity (Wildman–Crippen MR) is 124 cm³/mol. The van der Waals surface area contributed by atoms with Crippen molar-refractivity contribution in [1.29, 1.82) is 0 Å². The van der Waals surface area contributed by atoms with Crippen LogP contribution in [0, 0.1) is 11.6 Å². The lowest BCUT2D eigenvalue weighted by molar-refractivity contribution is -0.149. The van der Waals surface area contributed by atoms with Gasteiger partial charge in [-0.3, -0.25) is 9.59 Å². The summed E-state index contributed by atoms with van der Waals surface area (Å²) in [7, 11) is 0. The zero-order chi connectivity index (χ0) is 24.1. The van der Waals surface area contributed by atoms with E-state index in [0.29, 0.717) is 4.88 Å². The molecular formula is C24H19F2N3O4S. The molecule has 0 fully saturated rings. The summed E-state index contributed by atoms with van der Waals surface area (Å²) in [5, 5.41) is 7.42. The first kappa shape index (κ1) is 23.1. The minimum absolute atomic E-state index is 0.111. The standard InChI is InChI=1S/C24H19F2N3O4S/c25-15-7-8-17(26)19(11-15)28-22(30)13-33-24(32)20(29-23(31)21-6-3-9-34-21)10-14-12-27-18-5-2-1-4-16(14)18/h1-9,11-12,20,27H,10,13H2,(H,28,30)(H,29,31)/t20-/m0/s1. The van der Waals surface area contributed by atoms with E-state index in [0.717, 1.165) is 34.7 Å². The summed E-state index contributed by atoms with van der Waals surface area (Å²) < 4.78 is 32.1. The molecule has 3 N–H and O–H groups in total. The van der Waals surface area contributed by atoms with Crippen molar-refractivity contribution in [2.45, 2.75) is 12.5 Å². The van der Waals surface area contributed by atoms with Gasteiger partial charge in [0.1, 0.15) is 17.7 Å². The van der Waals surface area contributed by atoms with Crippen LogP contribution in [0.15, 0.2) is 66.2 Å². The topological polar surface area (TPSA) is 100 Å². The van der Waals surface area contributed by atoms with Gasteiger partial charge in [-0.15, -0.1) is 11.3 Å². The number of aromatic amines is 1. The maximum absolute atomic E-state index is 13.7. The van der Waals surface area contributed by atoms with E-state index < -0.39 is 42.1 Å². The first-order chi connectivity index (χ1) is 16.4. The molecule has 0 unspecified atom stereocenters. The third-order valence-electron chi connectivity index (χ3n) is 4.98. The number of esters is 1. The third kappa shape index (κ3) is 5.46. The summed E-state index contributed by atoms with van der Waals surface area (Å²) in [6.45, 7) is -0.742. The molecule has 1 atom stereocenters. The van der Waals surface area contributed by atoms with Gasteiger partial charge in [0.2, 0.25) is 0 Å². The minimum atomic E-state index is -1.09. The molecule has 2 aromatic carbocycles. The molecule has 0 aliphatic heterocycles. The zero-order valence-corrected chi connectivity index (χ0v) is 18.5. The zero-order valence-electron chi connectivity index (χ0n) is 17.6. The molecule has 10 heteroatoms. The Kier molecular flexibility index (Phi) is 6.98. The van der Waals surface area contributed by atoms with Crippen molar-refractivity contribution in [2.75, 3.05) is 11.9 Å². The highest BCUT2D eigenvalue weighted by Gasteiger charge is 2.26. The molecule has 0 saturated heterocycles. The number of H-pyrrole nitrogens is 1. The number of hydrogen-bond donors (Lipinski definition) is 3. The van der Waals surface area contributed by atoms with Gasteiger partial charge < -0.3 is 20.4 Å². The molecule has 0 saturated carbocycles. The van der Waals surface area contributed by atoms with Gasteiger partial charge in [-0.25, -0.2) is 13.6 Å². The first-order valence-corrected chi connectivity index (χ1v) is 11.1. The van der Waals surface area contributed by atoms with Gasteiger partial charge >= 0.3 is 5.97 Å². The van der Waals surface area contributed by atoms with E-state index >= 15 is 0 Å². The maximum Gasteiger partial charge on any atom is 0.329 e. The molecule has 4 rings (SSSR count). The number of carbonyl (C=O) groups is 3. The van der Waals surface area contributed by atoms with E-state index in [2.05, 4.69) is 15.6 Å². The fourth-order valence-corrected chi connectivity index (χ4v) is 3.99. The van der Waals surface area contributed by atoms with Crippen molar-refractivity contribution in [1.82, 2.24) is 10.3 Å². The molecule has 0 bridgehead atoms. The van der Waals surface area contributed by atoms with Crippen molar-refractivity contribution in [3.8, 4) is 0 Å². The van der Waals surface area contributed by atoms with Crippen LogP contribution in [0.1, 0.15) is 15.2 Å². The molecule has 0 aliphatic carbocycles. The fourth-order valence-electron chi connectivity index (χ4n) is 3.37. The number of amides is 2. The number of fused-ring (bicyclic) bond motifs is 1. The molecule has 7 nitrogen and oxygen atoms in total. The lowest BCUT2D eigenvalue weighted by atomic mass is 10.0. The summed E-state index contributed by atoms with van der Waals surface area (Å²) in [6.07, 6.45) is 1.85. The molecule has 0 aliphatic rings. The normalized spacial score (nSPS) is 11.7. The smallest absolute Gasteiger partial charge is 0.329 e. The molecule has 4 aromatic rings. The van der Waals surface area contributed by atoms with Crippen molar-refractivity contribution >= 4 is 45.7 Å². The number of hydrogen-bond acceptors (Lipinski definition) is 5. The van der Waals surface area contributed by atoms with Crippen molar-refractivity contribution in [2.24, 2.45) is 0 Å². The molecular weight excluding hydrogens is 464 g/mol. The van der Waals surface area contributed by atoms with Crippen LogP contribution in [0.4, 0.5) is 14.5 Å². The molecule has 0 spiro atoms. The Balaban J connectivity index is 1.46. The number of carbonyl (C=O) groups excluding carboxylic acids is 3. The van der Waals surface area contributed by atoms with Crippen molar-refractivity contribution < 1.29 is 27.9 Å². The van der Waals surface area contributed by atoms with E-state index in [-0.39, 0.29) is 12.1 Å². The van der Waals surface area contributed by atoms with Gasteiger partial charge in [0.25, 0.3) is 11.8 Å². The van der Waals surface area contributed by atoms with Crippen LogP contribution in [0.25, 0.3) is 10.9 Å². The molecule has 174 valence electrons. The lowest BCUT2D eigenvalue weighted by Crippen LogP contribution is -2.43. The van der Waals surface area contributed by atoms with E-state index in [1.165, 1.54) is 11.3 Å². The second-order valence-electron chi connectivity index (χ2n) is 7.35. The number of nitrogens with one attached hydrogen (secondary N) is 3. The predicted octanol–water partition coefficient (Wildman–Crippen LogP) is 4.03. The summed E-state index contributed by atoms with van der Waals surface area (Å²) >= 11 is 1.22. The highest BCUT2D eigenvalue weighted by Crippen LogP contribution is 2.20. The van der Waals surface area contributed by atoms with E-state index in [1.54, 1.807) is 23.7 Å².